The van der Waals surface area contributed by atoms with Gasteiger partial charge in [-0.15, -0.1) is 0 Å². The molecule has 2 nitrogen and oxygen atoms in total. The summed E-state index contributed by atoms with van der Waals surface area (Å²) in [6, 6.07) is 12.3. The van der Waals surface area contributed by atoms with Gasteiger partial charge in [-0.3, -0.25) is 0 Å². The van der Waals surface area contributed by atoms with Crippen LogP contribution in [0.2, 0.25) is 0 Å². The first-order valence-corrected chi connectivity index (χ1v) is 4.59. The SMILES string of the molecule is CNc1ccc2c(OC)cccc2c1. The molecule has 0 unspecified atom stereocenters. The monoisotopic (exact) mass is 187 g/mol. The Labute approximate surface area is 83.5 Å². The fourth-order valence-electron chi connectivity index (χ4n) is 1.59. The van der Waals surface area contributed by atoms with Gasteiger partial charge in [-0.05, 0) is 29.7 Å². The van der Waals surface area contributed by atoms with Gasteiger partial charge in [0.15, 0.2) is 0 Å². The summed E-state index contributed by atoms with van der Waals surface area (Å²) < 4.78 is 5.28. The number of ether oxygens (including phenoxy) is 1. The summed E-state index contributed by atoms with van der Waals surface area (Å²) in [5.41, 5.74) is 1.12. The Morgan fingerprint density at radius 3 is 2.71 bits per heavy atom. The van der Waals surface area contributed by atoms with Crippen LogP contribution in [-0.4, -0.2) is 14.2 Å². The Balaban J connectivity index is 2.67. The number of hydrogen-bond acceptors (Lipinski definition) is 2. The fourth-order valence-corrected chi connectivity index (χ4v) is 1.59. The van der Waals surface area contributed by atoms with Crippen LogP contribution in [0.15, 0.2) is 36.4 Å². The van der Waals surface area contributed by atoms with Crippen molar-refractivity contribution in [1.82, 2.24) is 0 Å². The highest BCUT2D eigenvalue weighted by Gasteiger charge is 2.00. The molecule has 2 rings (SSSR count). The van der Waals surface area contributed by atoms with Crippen LogP contribution in [0.5, 0.6) is 5.75 Å². The molecule has 0 amide bonds. The number of rotatable bonds is 2. The topological polar surface area (TPSA) is 21.3 Å². The predicted molar refractivity (Wildman–Crippen MR) is 60.0 cm³/mol. The van der Waals surface area contributed by atoms with E-state index in [9.17, 15) is 0 Å². The molecule has 0 spiro atoms. The van der Waals surface area contributed by atoms with E-state index in [4.69, 9.17) is 4.74 Å². The molecule has 2 heteroatoms. The summed E-state index contributed by atoms with van der Waals surface area (Å²) in [4.78, 5) is 0. The molecule has 0 aliphatic rings. The lowest BCUT2D eigenvalue weighted by Crippen LogP contribution is -1.88. The molecule has 1 N–H and O–H groups in total. The summed E-state index contributed by atoms with van der Waals surface area (Å²) in [6.07, 6.45) is 0. The summed E-state index contributed by atoms with van der Waals surface area (Å²) in [7, 11) is 3.61. The molecule has 2 aromatic rings. The standard InChI is InChI=1S/C12H13NO/c1-13-10-6-7-11-9(8-10)4-3-5-12(11)14-2/h3-8,13H,1-2H3. The molecule has 0 saturated carbocycles. The first kappa shape index (κ1) is 8.88. The highest BCUT2D eigenvalue weighted by Crippen LogP contribution is 2.27. The molecule has 0 aromatic heterocycles. The molecule has 0 bridgehead atoms. The maximum absolute atomic E-state index is 5.28. The molecular formula is C12H13NO. The zero-order valence-electron chi connectivity index (χ0n) is 8.37. The van der Waals surface area contributed by atoms with E-state index in [2.05, 4.69) is 23.5 Å². The zero-order valence-corrected chi connectivity index (χ0v) is 8.37. The number of fused-ring (bicyclic) bond motifs is 1. The molecule has 0 fully saturated rings. The van der Waals surface area contributed by atoms with Gasteiger partial charge in [0.05, 0.1) is 7.11 Å². The Morgan fingerprint density at radius 1 is 1.14 bits per heavy atom. The van der Waals surface area contributed by atoms with Crippen LogP contribution in [-0.2, 0) is 0 Å². The lowest BCUT2D eigenvalue weighted by atomic mass is 10.1. The van der Waals surface area contributed by atoms with E-state index in [-0.39, 0.29) is 0 Å². The van der Waals surface area contributed by atoms with Crippen molar-refractivity contribution in [1.29, 1.82) is 0 Å². The normalized spacial score (nSPS) is 10.1. The van der Waals surface area contributed by atoms with Crippen LogP contribution >= 0.6 is 0 Å². The summed E-state index contributed by atoms with van der Waals surface area (Å²) in [5.74, 6) is 0.921. The van der Waals surface area contributed by atoms with Gasteiger partial charge in [0, 0.05) is 18.1 Å². The third-order valence-electron chi connectivity index (χ3n) is 2.35. The van der Waals surface area contributed by atoms with E-state index in [1.165, 1.54) is 5.39 Å². The van der Waals surface area contributed by atoms with Crippen molar-refractivity contribution in [3.63, 3.8) is 0 Å². The lowest BCUT2D eigenvalue weighted by molar-refractivity contribution is 0.420. The maximum Gasteiger partial charge on any atom is 0.126 e. The minimum atomic E-state index is 0.921. The molecule has 0 radical (unpaired) electrons. The zero-order chi connectivity index (χ0) is 9.97. The minimum Gasteiger partial charge on any atom is -0.496 e. The van der Waals surface area contributed by atoms with Gasteiger partial charge in [0.25, 0.3) is 0 Å². The van der Waals surface area contributed by atoms with Gasteiger partial charge in [-0.25, -0.2) is 0 Å². The van der Waals surface area contributed by atoms with Gasteiger partial charge in [0.1, 0.15) is 5.75 Å². The van der Waals surface area contributed by atoms with Crippen molar-refractivity contribution >= 4 is 16.5 Å². The molecule has 0 aliphatic heterocycles. The van der Waals surface area contributed by atoms with Crippen molar-refractivity contribution < 1.29 is 4.74 Å². The number of benzene rings is 2. The van der Waals surface area contributed by atoms with E-state index >= 15 is 0 Å². The van der Waals surface area contributed by atoms with Gasteiger partial charge in [-0.2, -0.15) is 0 Å². The molecular weight excluding hydrogens is 174 g/mol. The average Bonchev–Trinajstić information content (AvgIpc) is 2.27. The van der Waals surface area contributed by atoms with Crippen LogP contribution in [0, 0.1) is 0 Å². The highest BCUT2D eigenvalue weighted by atomic mass is 16.5. The van der Waals surface area contributed by atoms with Crippen LogP contribution in [0.4, 0.5) is 5.69 Å². The van der Waals surface area contributed by atoms with Crippen molar-refractivity contribution in [2.75, 3.05) is 19.5 Å². The third kappa shape index (κ3) is 1.39. The Morgan fingerprint density at radius 2 is 2.00 bits per heavy atom. The smallest absolute Gasteiger partial charge is 0.126 e. The summed E-state index contributed by atoms with van der Waals surface area (Å²) >= 11 is 0. The molecule has 14 heavy (non-hydrogen) atoms. The van der Waals surface area contributed by atoms with Crippen molar-refractivity contribution in [3.8, 4) is 5.75 Å². The van der Waals surface area contributed by atoms with E-state index in [0.29, 0.717) is 0 Å². The van der Waals surface area contributed by atoms with Crippen molar-refractivity contribution in [2.24, 2.45) is 0 Å². The quantitative estimate of drug-likeness (QED) is 0.780. The van der Waals surface area contributed by atoms with Gasteiger partial charge in [-0.1, -0.05) is 12.1 Å². The first-order valence-electron chi connectivity index (χ1n) is 4.59. The van der Waals surface area contributed by atoms with E-state index in [1.807, 2.05) is 25.2 Å². The predicted octanol–water partition coefficient (Wildman–Crippen LogP) is 2.89. The van der Waals surface area contributed by atoms with Crippen LogP contribution in [0.25, 0.3) is 10.8 Å². The first-order chi connectivity index (χ1) is 6.85. The minimum absolute atomic E-state index is 0.921. The summed E-state index contributed by atoms with van der Waals surface area (Å²) in [6.45, 7) is 0. The second kappa shape index (κ2) is 3.58. The van der Waals surface area contributed by atoms with Crippen LogP contribution in [0.3, 0.4) is 0 Å². The maximum atomic E-state index is 5.28. The number of nitrogens with one attached hydrogen (secondary N) is 1. The fraction of sp³-hybridized carbons (Fsp3) is 0.167. The second-order valence-corrected chi connectivity index (χ2v) is 3.15. The Kier molecular flexibility index (Phi) is 2.27. The Hall–Kier alpha value is -1.70. The van der Waals surface area contributed by atoms with Gasteiger partial charge >= 0.3 is 0 Å². The van der Waals surface area contributed by atoms with E-state index < -0.39 is 0 Å². The van der Waals surface area contributed by atoms with E-state index in [1.54, 1.807) is 7.11 Å². The third-order valence-corrected chi connectivity index (χ3v) is 2.35. The highest BCUT2D eigenvalue weighted by molar-refractivity contribution is 5.90. The number of hydrogen-bond donors (Lipinski definition) is 1. The second-order valence-electron chi connectivity index (χ2n) is 3.15. The molecule has 0 atom stereocenters. The summed E-state index contributed by atoms with van der Waals surface area (Å²) in [5, 5.41) is 5.45. The van der Waals surface area contributed by atoms with Crippen molar-refractivity contribution in [3.05, 3.63) is 36.4 Å². The average molecular weight is 187 g/mol. The van der Waals surface area contributed by atoms with Crippen molar-refractivity contribution in [2.45, 2.75) is 0 Å². The molecule has 0 aliphatic carbocycles. The molecule has 0 heterocycles. The Bertz CT molecular complexity index is 451. The van der Waals surface area contributed by atoms with Crippen LogP contribution < -0.4 is 10.1 Å². The molecule has 2 aromatic carbocycles. The van der Waals surface area contributed by atoms with Gasteiger partial charge < -0.3 is 10.1 Å². The molecule has 72 valence electrons. The van der Waals surface area contributed by atoms with Gasteiger partial charge in [0.2, 0.25) is 0 Å². The largest absolute Gasteiger partial charge is 0.496 e. The van der Waals surface area contributed by atoms with E-state index in [0.717, 1.165) is 16.8 Å². The number of anilines is 1. The van der Waals surface area contributed by atoms with Crippen LogP contribution in [0.1, 0.15) is 0 Å². The lowest BCUT2D eigenvalue weighted by Gasteiger charge is -2.06. The number of methoxy groups -OCH3 is 1. The molecule has 0 saturated heterocycles.